The maximum Gasteiger partial charge on any atom is 0.267 e. The summed E-state index contributed by atoms with van der Waals surface area (Å²) in [7, 11) is -2.56. The lowest BCUT2D eigenvalue weighted by atomic mass is 9.97. The minimum absolute atomic E-state index is 0.146. The fourth-order valence-electron chi connectivity index (χ4n) is 3.54. The first-order valence-corrected chi connectivity index (χ1v) is 11.9. The highest BCUT2D eigenvalue weighted by molar-refractivity contribution is 7.90. The minimum atomic E-state index is -3.89. The SMILES string of the molecule is CCc1cccc(NC(=O)c2cc(Cl)c([C@]34CCOC3S(=O)(=O)N(C)C(N)=N4)s2)n1. The molecule has 2 aromatic rings. The Balaban J connectivity index is 1.71. The quantitative estimate of drug-likeness (QED) is 0.706. The van der Waals surface area contributed by atoms with Gasteiger partial charge in [0.15, 0.2) is 0 Å². The molecule has 0 radical (unpaired) electrons. The van der Waals surface area contributed by atoms with Gasteiger partial charge in [0.1, 0.15) is 11.4 Å². The van der Waals surface area contributed by atoms with E-state index in [-0.39, 0.29) is 24.0 Å². The van der Waals surface area contributed by atoms with Gasteiger partial charge in [0.25, 0.3) is 15.9 Å². The number of carbonyl (C=O) groups excluding carboxylic acids is 1. The van der Waals surface area contributed by atoms with Gasteiger partial charge in [0.2, 0.25) is 11.4 Å². The monoisotopic (exact) mass is 469 g/mol. The molecule has 0 saturated carbocycles. The van der Waals surface area contributed by atoms with Crippen LogP contribution in [0.15, 0.2) is 29.3 Å². The molecule has 12 heteroatoms. The van der Waals surface area contributed by atoms with Crippen molar-refractivity contribution in [3.05, 3.63) is 44.7 Å². The lowest BCUT2D eigenvalue weighted by Gasteiger charge is -2.37. The number of thiophene rings is 1. The summed E-state index contributed by atoms with van der Waals surface area (Å²) < 4.78 is 32.1. The van der Waals surface area contributed by atoms with Crippen LogP contribution in [0.5, 0.6) is 0 Å². The Hall–Kier alpha value is -2.21. The number of carbonyl (C=O) groups is 1. The molecule has 1 amide bonds. The Bertz CT molecular complexity index is 1150. The molecule has 4 rings (SSSR count). The lowest BCUT2D eigenvalue weighted by molar-refractivity contribution is 0.103. The molecule has 1 fully saturated rings. The Labute approximate surface area is 183 Å². The van der Waals surface area contributed by atoms with Gasteiger partial charge < -0.3 is 15.8 Å². The van der Waals surface area contributed by atoms with Crippen molar-refractivity contribution in [2.75, 3.05) is 19.0 Å². The van der Waals surface area contributed by atoms with Crippen LogP contribution >= 0.6 is 22.9 Å². The van der Waals surface area contributed by atoms with Crippen LogP contribution in [0.1, 0.15) is 33.6 Å². The normalized spacial score (nSPS) is 25.0. The van der Waals surface area contributed by atoms with E-state index < -0.39 is 26.9 Å². The second-order valence-corrected chi connectivity index (χ2v) is 10.4. The molecule has 2 aliphatic rings. The zero-order valence-corrected chi connectivity index (χ0v) is 18.6. The molecule has 3 N–H and O–H groups in total. The van der Waals surface area contributed by atoms with E-state index in [0.29, 0.717) is 15.6 Å². The number of amides is 1. The summed E-state index contributed by atoms with van der Waals surface area (Å²) in [5, 5.41) is 2.99. The van der Waals surface area contributed by atoms with Crippen LogP contribution < -0.4 is 11.1 Å². The maximum atomic E-state index is 12.9. The number of halogens is 1. The van der Waals surface area contributed by atoms with Gasteiger partial charge in [-0.2, -0.15) is 0 Å². The van der Waals surface area contributed by atoms with Crippen molar-refractivity contribution >= 4 is 50.6 Å². The molecule has 0 aromatic carbocycles. The number of hydrogen-bond acceptors (Lipinski definition) is 8. The molecule has 1 saturated heterocycles. The van der Waals surface area contributed by atoms with Gasteiger partial charge >= 0.3 is 0 Å². The van der Waals surface area contributed by atoms with Gasteiger partial charge in [-0.15, -0.1) is 11.3 Å². The third kappa shape index (κ3) is 3.25. The molecule has 0 spiro atoms. The summed E-state index contributed by atoms with van der Waals surface area (Å²) in [6.45, 7) is 2.15. The van der Waals surface area contributed by atoms with Gasteiger partial charge in [-0.1, -0.05) is 24.6 Å². The van der Waals surface area contributed by atoms with Crippen LogP contribution in [-0.4, -0.2) is 48.7 Å². The number of anilines is 1. The van der Waals surface area contributed by atoms with Crippen molar-refractivity contribution in [3.63, 3.8) is 0 Å². The molecule has 0 aliphatic carbocycles. The molecular weight excluding hydrogens is 450 g/mol. The smallest absolute Gasteiger partial charge is 0.267 e. The number of sulfonamides is 1. The highest BCUT2D eigenvalue weighted by Crippen LogP contribution is 2.50. The number of hydrogen-bond donors (Lipinski definition) is 2. The summed E-state index contributed by atoms with van der Waals surface area (Å²) in [4.78, 5) is 22.3. The third-order valence-corrected chi connectivity index (χ3v) is 8.87. The van der Waals surface area contributed by atoms with Crippen molar-refractivity contribution in [2.45, 2.75) is 30.7 Å². The van der Waals surface area contributed by atoms with Gasteiger partial charge in [-0.05, 0) is 24.6 Å². The number of rotatable bonds is 4. The Morgan fingerprint density at radius 3 is 3.00 bits per heavy atom. The van der Waals surface area contributed by atoms with E-state index in [2.05, 4.69) is 15.3 Å². The van der Waals surface area contributed by atoms with Crippen molar-refractivity contribution < 1.29 is 17.9 Å². The number of guanidine groups is 1. The molecule has 2 atom stereocenters. The fraction of sp³-hybridized carbons (Fsp3) is 0.389. The van der Waals surface area contributed by atoms with Crippen LogP contribution in [0.2, 0.25) is 5.02 Å². The number of ether oxygens (including phenoxy) is 1. The number of aryl methyl sites for hydroxylation is 1. The van der Waals surface area contributed by atoms with Crippen molar-refractivity contribution in [2.24, 2.45) is 10.7 Å². The highest BCUT2D eigenvalue weighted by Gasteiger charge is 2.59. The van der Waals surface area contributed by atoms with Gasteiger partial charge in [-0.25, -0.2) is 22.7 Å². The third-order valence-electron chi connectivity index (χ3n) is 5.15. The zero-order valence-electron chi connectivity index (χ0n) is 16.3. The summed E-state index contributed by atoms with van der Waals surface area (Å²) in [6.07, 6.45) is 1.03. The van der Waals surface area contributed by atoms with Crippen molar-refractivity contribution in [1.82, 2.24) is 9.29 Å². The first kappa shape index (κ1) is 21.0. The summed E-state index contributed by atoms with van der Waals surface area (Å²) >= 11 is 7.53. The molecule has 2 aliphatic heterocycles. The van der Waals surface area contributed by atoms with Crippen molar-refractivity contribution in [3.8, 4) is 0 Å². The summed E-state index contributed by atoms with van der Waals surface area (Å²) in [5.74, 6) is -0.115. The number of nitrogens with zero attached hydrogens (tertiary/aromatic N) is 3. The lowest BCUT2D eigenvalue weighted by Crippen LogP contribution is -2.55. The number of aliphatic imine (C=N–C) groups is 1. The molecule has 1 unspecified atom stereocenters. The standard InChI is InChI=1S/C18H20ClN5O4S2/c1-3-10-5-4-6-13(21-10)22-15(25)12-9-11(19)14(29-12)18-7-8-28-16(18)30(26,27)24(2)17(20)23-18/h4-6,9,16H,3,7-8H2,1-2H3,(H2,20,23)(H,21,22,25)/t16?,18-/m1/s1. The number of pyridine rings is 1. The predicted molar refractivity (Wildman–Crippen MR) is 115 cm³/mol. The molecule has 2 aromatic heterocycles. The minimum Gasteiger partial charge on any atom is -0.369 e. The molecule has 4 heterocycles. The molecule has 160 valence electrons. The van der Waals surface area contributed by atoms with E-state index in [1.807, 2.05) is 19.1 Å². The maximum absolute atomic E-state index is 12.9. The van der Waals surface area contributed by atoms with E-state index in [1.54, 1.807) is 6.07 Å². The Morgan fingerprint density at radius 2 is 2.27 bits per heavy atom. The number of aromatic nitrogens is 1. The van der Waals surface area contributed by atoms with Crippen LogP contribution in [0.25, 0.3) is 0 Å². The number of nitrogens with one attached hydrogen (secondary N) is 1. The van der Waals surface area contributed by atoms with Crippen LogP contribution in [0, 0.1) is 0 Å². The zero-order chi connectivity index (χ0) is 21.7. The van der Waals surface area contributed by atoms with E-state index in [0.717, 1.165) is 27.8 Å². The number of nitrogens with two attached hydrogens (primary N) is 1. The van der Waals surface area contributed by atoms with Crippen molar-refractivity contribution in [1.29, 1.82) is 0 Å². The van der Waals surface area contributed by atoms with Crippen LogP contribution in [0.3, 0.4) is 0 Å². The molecule has 0 bridgehead atoms. The molecular formula is C18H20ClN5O4S2. The Morgan fingerprint density at radius 1 is 1.50 bits per heavy atom. The summed E-state index contributed by atoms with van der Waals surface area (Å²) in [6, 6.07) is 6.88. The highest BCUT2D eigenvalue weighted by atomic mass is 35.5. The molecule has 30 heavy (non-hydrogen) atoms. The average Bonchev–Trinajstić information content (AvgIpc) is 3.31. The van der Waals surface area contributed by atoms with Gasteiger partial charge in [0, 0.05) is 19.2 Å². The van der Waals surface area contributed by atoms with Gasteiger partial charge in [0.05, 0.1) is 21.4 Å². The first-order chi connectivity index (χ1) is 14.2. The summed E-state index contributed by atoms with van der Waals surface area (Å²) in [5.41, 5.74) is 4.21. The second-order valence-electron chi connectivity index (χ2n) is 6.97. The Kier molecular flexibility index (Phi) is 5.25. The van der Waals surface area contributed by atoms with Crippen LogP contribution in [-0.2, 0) is 26.7 Å². The van der Waals surface area contributed by atoms with E-state index in [1.165, 1.54) is 13.1 Å². The van der Waals surface area contributed by atoms with E-state index in [9.17, 15) is 13.2 Å². The average molecular weight is 470 g/mol. The number of fused-ring (bicyclic) bond motifs is 1. The second kappa shape index (κ2) is 7.49. The van der Waals surface area contributed by atoms with E-state index >= 15 is 0 Å². The van der Waals surface area contributed by atoms with E-state index in [4.69, 9.17) is 22.1 Å². The predicted octanol–water partition coefficient (Wildman–Crippen LogP) is 2.14. The van der Waals surface area contributed by atoms with Gasteiger partial charge in [-0.3, -0.25) is 4.79 Å². The van der Waals surface area contributed by atoms with Crippen LogP contribution in [0.4, 0.5) is 5.82 Å². The first-order valence-electron chi connectivity index (χ1n) is 9.21. The topological polar surface area (TPSA) is 127 Å². The molecule has 9 nitrogen and oxygen atoms in total. The largest absolute Gasteiger partial charge is 0.369 e. The fourth-order valence-corrected chi connectivity index (χ4v) is 6.83.